The number of carbonyl (C=O) groups excluding carboxylic acids is 1. The Kier molecular flexibility index (Phi) is 5.51. The van der Waals surface area contributed by atoms with Crippen LogP contribution < -0.4 is 5.32 Å². The van der Waals surface area contributed by atoms with Crippen LogP contribution in [-0.4, -0.2) is 60.3 Å². The van der Waals surface area contributed by atoms with Gasteiger partial charge in [-0.3, -0.25) is 0 Å². The summed E-state index contributed by atoms with van der Waals surface area (Å²) in [6.45, 7) is 4.67. The molecule has 1 aromatic rings. The number of benzene rings is 1. The molecule has 5 nitrogen and oxygen atoms in total. The average molecular weight is 317 g/mol. The maximum absolute atomic E-state index is 12.6. The fraction of sp³-hybridized carbons (Fsp3) is 0.611. The molecule has 0 aliphatic carbocycles. The summed E-state index contributed by atoms with van der Waals surface area (Å²) >= 11 is 0. The van der Waals surface area contributed by atoms with E-state index in [9.17, 15) is 9.90 Å². The van der Waals surface area contributed by atoms with Gasteiger partial charge in [0.15, 0.2) is 0 Å². The van der Waals surface area contributed by atoms with Crippen LogP contribution in [0, 0.1) is 5.92 Å². The molecule has 5 heteroatoms. The number of hydrogen-bond donors (Lipinski definition) is 2. The van der Waals surface area contributed by atoms with Gasteiger partial charge >= 0.3 is 6.03 Å². The van der Waals surface area contributed by atoms with E-state index in [0.717, 1.165) is 38.2 Å². The lowest BCUT2D eigenvalue weighted by atomic mass is 10.1. The number of aliphatic hydroxyl groups excluding tert-OH is 1. The molecule has 2 aliphatic rings. The third kappa shape index (κ3) is 4.24. The Balaban J connectivity index is 1.64. The molecule has 2 amide bonds. The van der Waals surface area contributed by atoms with Crippen molar-refractivity contribution in [3.63, 3.8) is 0 Å². The van der Waals surface area contributed by atoms with Crippen LogP contribution in [0.15, 0.2) is 30.3 Å². The largest absolute Gasteiger partial charge is 0.396 e. The normalized spacial score (nSPS) is 23.2. The Labute approximate surface area is 138 Å². The van der Waals surface area contributed by atoms with Crippen LogP contribution in [0.1, 0.15) is 30.9 Å². The van der Waals surface area contributed by atoms with Crippen LogP contribution in [0.25, 0.3) is 0 Å². The molecule has 2 saturated heterocycles. The zero-order chi connectivity index (χ0) is 16.1. The monoisotopic (exact) mass is 317 g/mol. The Morgan fingerprint density at radius 3 is 2.61 bits per heavy atom. The van der Waals surface area contributed by atoms with Crippen molar-refractivity contribution in [3.05, 3.63) is 35.9 Å². The van der Waals surface area contributed by atoms with Crippen molar-refractivity contribution in [2.24, 2.45) is 5.92 Å². The summed E-state index contributed by atoms with van der Waals surface area (Å²) in [4.78, 5) is 16.8. The van der Waals surface area contributed by atoms with Gasteiger partial charge in [0.05, 0.1) is 6.04 Å². The van der Waals surface area contributed by atoms with Crippen molar-refractivity contribution < 1.29 is 9.90 Å². The molecule has 2 aliphatic heterocycles. The highest BCUT2D eigenvalue weighted by Crippen LogP contribution is 2.20. The van der Waals surface area contributed by atoms with Crippen molar-refractivity contribution in [2.45, 2.75) is 25.3 Å². The SMILES string of the molecule is O=C(NC(CN1CCCC1)c1ccccc1)N1CCC(CO)C1. The maximum Gasteiger partial charge on any atom is 0.317 e. The van der Waals surface area contributed by atoms with E-state index in [1.807, 2.05) is 23.1 Å². The number of likely N-dealkylation sites (tertiary alicyclic amines) is 2. The molecule has 0 radical (unpaired) electrons. The summed E-state index contributed by atoms with van der Waals surface area (Å²) in [6.07, 6.45) is 3.39. The standard InChI is InChI=1S/C18H27N3O2/c22-14-15-8-11-21(12-15)18(23)19-17(13-20-9-4-5-10-20)16-6-2-1-3-7-16/h1-3,6-7,15,17,22H,4-5,8-14H2,(H,19,23). The van der Waals surface area contributed by atoms with Gasteiger partial charge in [0.1, 0.15) is 0 Å². The maximum atomic E-state index is 12.6. The lowest BCUT2D eigenvalue weighted by Crippen LogP contribution is -2.43. The zero-order valence-corrected chi connectivity index (χ0v) is 13.7. The topological polar surface area (TPSA) is 55.8 Å². The number of carbonyl (C=O) groups is 1. The molecular formula is C18H27N3O2. The van der Waals surface area contributed by atoms with Gasteiger partial charge in [0.25, 0.3) is 0 Å². The number of urea groups is 1. The summed E-state index contributed by atoms with van der Waals surface area (Å²) in [5.41, 5.74) is 1.16. The molecule has 0 saturated carbocycles. The van der Waals surface area contributed by atoms with E-state index < -0.39 is 0 Å². The fourth-order valence-corrected chi connectivity index (χ4v) is 3.55. The highest BCUT2D eigenvalue weighted by Gasteiger charge is 2.28. The predicted octanol–water partition coefficient (Wildman–Crippen LogP) is 1.85. The van der Waals surface area contributed by atoms with Crippen molar-refractivity contribution >= 4 is 6.03 Å². The number of hydrogen-bond acceptors (Lipinski definition) is 3. The van der Waals surface area contributed by atoms with E-state index in [4.69, 9.17) is 0 Å². The predicted molar refractivity (Wildman–Crippen MR) is 90.2 cm³/mol. The third-order valence-corrected chi connectivity index (χ3v) is 4.97. The smallest absolute Gasteiger partial charge is 0.317 e. The van der Waals surface area contributed by atoms with Crippen LogP contribution >= 0.6 is 0 Å². The Hall–Kier alpha value is -1.59. The number of nitrogens with one attached hydrogen (secondary N) is 1. The number of amides is 2. The molecule has 1 aromatic carbocycles. The Morgan fingerprint density at radius 1 is 1.22 bits per heavy atom. The van der Waals surface area contributed by atoms with E-state index in [1.165, 1.54) is 12.8 Å². The molecule has 3 rings (SSSR count). The van der Waals surface area contributed by atoms with E-state index in [-0.39, 0.29) is 24.6 Å². The van der Waals surface area contributed by atoms with Crippen LogP contribution in [0.3, 0.4) is 0 Å². The van der Waals surface area contributed by atoms with E-state index in [0.29, 0.717) is 6.54 Å². The van der Waals surface area contributed by atoms with Crippen LogP contribution in [0.4, 0.5) is 4.79 Å². The van der Waals surface area contributed by atoms with Crippen molar-refractivity contribution in [2.75, 3.05) is 39.3 Å². The molecule has 2 heterocycles. The minimum absolute atomic E-state index is 0.00556. The van der Waals surface area contributed by atoms with Crippen molar-refractivity contribution in [3.8, 4) is 0 Å². The second-order valence-corrected chi connectivity index (χ2v) is 6.70. The molecule has 0 aromatic heterocycles. The van der Waals surface area contributed by atoms with Gasteiger partial charge in [-0.25, -0.2) is 4.79 Å². The summed E-state index contributed by atoms with van der Waals surface area (Å²) < 4.78 is 0. The van der Waals surface area contributed by atoms with Gasteiger partial charge in [0.2, 0.25) is 0 Å². The minimum Gasteiger partial charge on any atom is -0.396 e. The van der Waals surface area contributed by atoms with Crippen molar-refractivity contribution in [1.29, 1.82) is 0 Å². The van der Waals surface area contributed by atoms with Gasteiger partial charge in [-0.2, -0.15) is 0 Å². The Morgan fingerprint density at radius 2 is 1.96 bits per heavy atom. The highest BCUT2D eigenvalue weighted by molar-refractivity contribution is 5.75. The van der Waals surface area contributed by atoms with E-state index >= 15 is 0 Å². The van der Waals surface area contributed by atoms with E-state index in [2.05, 4.69) is 22.3 Å². The van der Waals surface area contributed by atoms with E-state index in [1.54, 1.807) is 0 Å². The zero-order valence-electron chi connectivity index (χ0n) is 13.7. The first kappa shape index (κ1) is 16.3. The molecule has 2 fully saturated rings. The molecule has 0 spiro atoms. The Bertz CT molecular complexity index is 502. The second-order valence-electron chi connectivity index (χ2n) is 6.70. The molecule has 0 bridgehead atoms. The first-order valence-corrected chi connectivity index (χ1v) is 8.70. The molecule has 23 heavy (non-hydrogen) atoms. The number of aliphatic hydroxyl groups is 1. The minimum atomic E-state index is -0.00556. The quantitative estimate of drug-likeness (QED) is 0.871. The molecule has 2 unspecified atom stereocenters. The summed E-state index contributed by atoms with van der Waals surface area (Å²) in [5.74, 6) is 0.231. The lowest BCUT2D eigenvalue weighted by molar-refractivity contribution is 0.190. The summed E-state index contributed by atoms with van der Waals surface area (Å²) in [7, 11) is 0. The third-order valence-electron chi connectivity index (χ3n) is 4.97. The fourth-order valence-electron chi connectivity index (χ4n) is 3.55. The molecule has 2 atom stereocenters. The molecule has 2 N–H and O–H groups in total. The van der Waals surface area contributed by atoms with Gasteiger partial charge in [-0.05, 0) is 37.9 Å². The first-order chi connectivity index (χ1) is 11.3. The second kappa shape index (κ2) is 7.79. The number of rotatable bonds is 5. The van der Waals surface area contributed by atoms with Crippen LogP contribution in [-0.2, 0) is 0 Å². The molecule has 126 valence electrons. The van der Waals surface area contributed by atoms with Gasteiger partial charge in [-0.1, -0.05) is 30.3 Å². The first-order valence-electron chi connectivity index (χ1n) is 8.70. The molecular weight excluding hydrogens is 290 g/mol. The van der Waals surface area contributed by atoms with Crippen molar-refractivity contribution in [1.82, 2.24) is 15.1 Å². The number of nitrogens with zero attached hydrogens (tertiary/aromatic N) is 2. The summed E-state index contributed by atoms with van der Waals surface area (Å²) in [5, 5.41) is 12.5. The van der Waals surface area contributed by atoms with Gasteiger partial charge in [0, 0.05) is 32.2 Å². The summed E-state index contributed by atoms with van der Waals surface area (Å²) in [6, 6.07) is 10.2. The lowest BCUT2D eigenvalue weighted by Gasteiger charge is -2.27. The van der Waals surface area contributed by atoms with Crippen LogP contribution in [0.2, 0.25) is 0 Å². The van der Waals surface area contributed by atoms with Crippen LogP contribution in [0.5, 0.6) is 0 Å². The van der Waals surface area contributed by atoms with Gasteiger partial charge in [-0.15, -0.1) is 0 Å². The average Bonchev–Trinajstić information content (AvgIpc) is 3.26. The van der Waals surface area contributed by atoms with Gasteiger partial charge < -0.3 is 20.2 Å². The highest BCUT2D eigenvalue weighted by atomic mass is 16.3.